The highest BCUT2D eigenvalue weighted by atomic mass is 79.9. The molecule has 0 aliphatic rings. The molecule has 17 heavy (non-hydrogen) atoms. The van der Waals surface area contributed by atoms with Gasteiger partial charge in [0.05, 0.1) is 7.11 Å². The molecule has 2 rings (SSSR count). The molecular formula is C12H9BrFNO2. The lowest BCUT2D eigenvalue weighted by Crippen LogP contribution is -1.91. The van der Waals surface area contributed by atoms with Crippen LogP contribution >= 0.6 is 15.9 Å². The lowest BCUT2D eigenvalue weighted by atomic mass is 10.3. The summed E-state index contributed by atoms with van der Waals surface area (Å²) in [6, 6.07) is 7.71. The van der Waals surface area contributed by atoms with Gasteiger partial charge in [-0.1, -0.05) is 15.9 Å². The van der Waals surface area contributed by atoms with Crippen molar-refractivity contribution < 1.29 is 13.9 Å². The predicted octanol–water partition coefficient (Wildman–Crippen LogP) is 3.78. The van der Waals surface area contributed by atoms with Crippen molar-refractivity contribution in [1.29, 1.82) is 0 Å². The van der Waals surface area contributed by atoms with E-state index in [1.807, 2.05) is 0 Å². The fourth-order valence-electron chi connectivity index (χ4n) is 1.25. The van der Waals surface area contributed by atoms with E-state index in [9.17, 15) is 4.39 Å². The zero-order valence-corrected chi connectivity index (χ0v) is 10.6. The summed E-state index contributed by atoms with van der Waals surface area (Å²) >= 11 is 3.25. The van der Waals surface area contributed by atoms with Crippen LogP contribution in [0.5, 0.6) is 17.4 Å². The standard InChI is InChI=1S/C12H9BrFNO2/c1-16-12-7-9(4-5-15-12)17-11-6-8(13)2-3-10(11)14/h2-7H,1H3. The Morgan fingerprint density at radius 3 is 2.82 bits per heavy atom. The van der Waals surface area contributed by atoms with Crippen molar-refractivity contribution in [3.05, 3.63) is 46.8 Å². The highest BCUT2D eigenvalue weighted by molar-refractivity contribution is 9.10. The van der Waals surface area contributed by atoms with Crippen LogP contribution < -0.4 is 9.47 Å². The maximum absolute atomic E-state index is 13.4. The number of aromatic nitrogens is 1. The van der Waals surface area contributed by atoms with Gasteiger partial charge >= 0.3 is 0 Å². The van der Waals surface area contributed by atoms with Crippen molar-refractivity contribution in [3.8, 4) is 17.4 Å². The molecular weight excluding hydrogens is 289 g/mol. The van der Waals surface area contributed by atoms with E-state index in [0.717, 1.165) is 4.47 Å². The molecule has 0 unspecified atom stereocenters. The largest absolute Gasteiger partial charge is 0.481 e. The van der Waals surface area contributed by atoms with Crippen LogP contribution in [0.1, 0.15) is 0 Å². The molecule has 88 valence electrons. The molecule has 0 bridgehead atoms. The minimum Gasteiger partial charge on any atom is -0.481 e. The topological polar surface area (TPSA) is 31.4 Å². The van der Waals surface area contributed by atoms with Gasteiger partial charge < -0.3 is 9.47 Å². The van der Waals surface area contributed by atoms with Crippen molar-refractivity contribution >= 4 is 15.9 Å². The molecule has 0 radical (unpaired) electrons. The molecule has 3 nitrogen and oxygen atoms in total. The van der Waals surface area contributed by atoms with Gasteiger partial charge in [0.15, 0.2) is 11.6 Å². The summed E-state index contributed by atoms with van der Waals surface area (Å²) < 4.78 is 24.6. The van der Waals surface area contributed by atoms with Gasteiger partial charge in [0.25, 0.3) is 0 Å². The van der Waals surface area contributed by atoms with Crippen molar-refractivity contribution in [2.24, 2.45) is 0 Å². The molecule has 0 aliphatic carbocycles. The van der Waals surface area contributed by atoms with Gasteiger partial charge in [0.1, 0.15) is 5.75 Å². The first-order valence-corrected chi connectivity index (χ1v) is 5.61. The number of methoxy groups -OCH3 is 1. The Bertz CT molecular complexity index is 534. The van der Waals surface area contributed by atoms with Crippen molar-refractivity contribution in [2.75, 3.05) is 7.11 Å². The average molecular weight is 298 g/mol. The molecule has 5 heteroatoms. The number of hydrogen-bond donors (Lipinski definition) is 0. The summed E-state index contributed by atoms with van der Waals surface area (Å²) in [4.78, 5) is 3.93. The first-order chi connectivity index (χ1) is 8.19. The minimum absolute atomic E-state index is 0.146. The van der Waals surface area contributed by atoms with Crippen LogP contribution in [0.25, 0.3) is 0 Å². The van der Waals surface area contributed by atoms with E-state index in [0.29, 0.717) is 11.6 Å². The Balaban J connectivity index is 2.27. The van der Waals surface area contributed by atoms with Gasteiger partial charge in [0.2, 0.25) is 5.88 Å². The maximum Gasteiger partial charge on any atom is 0.216 e. The fraction of sp³-hybridized carbons (Fsp3) is 0.0833. The van der Waals surface area contributed by atoms with Gasteiger partial charge in [-0.2, -0.15) is 0 Å². The summed E-state index contributed by atoms with van der Waals surface area (Å²) in [7, 11) is 1.51. The molecule has 0 amide bonds. The van der Waals surface area contributed by atoms with Crippen LogP contribution in [0.3, 0.4) is 0 Å². The van der Waals surface area contributed by atoms with E-state index in [-0.39, 0.29) is 5.75 Å². The highest BCUT2D eigenvalue weighted by Crippen LogP contribution is 2.28. The van der Waals surface area contributed by atoms with Crippen molar-refractivity contribution in [2.45, 2.75) is 0 Å². The summed E-state index contributed by atoms with van der Waals surface area (Å²) in [6.07, 6.45) is 1.53. The Kier molecular flexibility index (Phi) is 3.58. The van der Waals surface area contributed by atoms with Crippen LogP contribution in [-0.4, -0.2) is 12.1 Å². The number of hydrogen-bond acceptors (Lipinski definition) is 3. The molecule has 0 atom stereocenters. The molecule has 0 saturated carbocycles. The van der Waals surface area contributed by atoms with Gasteiger partial charge in [-0.3, -0.25) is 0 Å². The third-order valence-corrected chi connectivity index (χ3v) is 2.53. The monoisotopic (exact) mass is 297 g/mol. The SMILES string of the molecule is COc1cc(Oc2cc(Br)ccc2F)ccn1. The normalized spacial score (nSPS) is 10.1. The Hall–Kier alpha value is -1.62. The zero-order valence-electron chi connectivity index (χ0n) is 8.98. The van der Waals surface area contributed by atoms with E-state index >= 15 is 0 Å². The average Bonchev–Trinajstić information content (AvgIpc) is 2.34. The summed E-state index contributed by atoms with van der Waals surface area (Å²) in [6.45, 7) is 0. The van der Waals surface area contributed by atoms with Gasteiger partial charge in [0, 0.05) is 16.7 Å². The summed E-state index contributed by atoms with van der Waals surface area (Å²) in [5, 5.41) is 0. The number of benzene rings is 1. The molecule has 0 N–H and O–H groups in total. The molecule has 0 aliphatic heterocycles. The molecule has 0 fully saturated rings. The van der Waals surface area contributed by atoms with E-state index in [1.54, 1.807) is 24.3 Å². The van der Waals surface area contributed by atoms with E-state index in [4.69, 9.17) is 9.47 Å². The van der Waals surface area contributed by atoms with Crippen LogP contribution in [0.15, 0.2) is 41.0 Å². The third-order valence-electron chi connectivity index (χ3n) is 2.04. The number of pyridine rings is 1. The molecule has 1 aromatic carbocycles. The third kappa shape index (κ3) is 2.94. The summed E-state index contributed by atoms with van der Waals surface area (Å²) in [5.41, 5.74) is 0. The predicted molar refractivity (Wildman–Crippen MR) is 65.0 cm³/mol. The Labute approximate surface area is 106 Å². The second-order valence-electron chi connectivity index (χ2n) is 3.21. The molecule has 1 aromatic heterocycles. The number of ether oxygens (including phenoxy) is 2. The first kappa shape index (κ1) is 11.9. The zero-order chi connectivity index (χ0) is 12.3. The highest BCUT2D eigenvalue weighted by Gasteiger charge is 2.06. The van der Waals surface area contributed by atoms with Crippen LogP contribution in [0.4, 0.5) is 4.39 Å². The molecule has 2 aromatic rings. The smallest absolute Gasteiger partial charge is 0.216 e. The lowest BCUT2D eigenvalue weighted by Gasteiger charge is -2.07. The Morgan fingerprint density at radius 1 is 1.24 bits per heavy atom. The van der Waals surface area contributed by atoms with Crippen LogP contribution in [0.2, 0.25) is 0 Å². The summed E-state index contributed by atoms with van der Waals surface area (Å²) in [5.74, 6) is 0.600. The second kappa shape index (κ2) is 5.14. The second-order valence-corrected chi connectivity index (χ2v) is 4.13. The van der Waals surface area contributed by atoms with Gasteiger partial charge in [-0.15, -0.1) is 0 Å². The Morgan fingerprint density at radius 2 is 2.06 bits per heavy atom. The molecule has 0 saturated heterocycles. The van der Waals surface area contributed by atoms with E-state index in [2.05, 4.69) is 20.9 Å². The fourth-order valence-corrected chi connectivity index (χ4v) is 1.59. The van der Waals surface area contributed by atoms with Crippen LogP contribution in [0, 0.1) is 5.82 Å². The minimum atomic E-state index is -0.427. The van der Waals surface area contributed by atoms with Crippen LogP contribution in [-0.2, 0) is 0 Å². The van der Waals surface area contributed by atoms with Crippen molar-refractivity contribution in [1.82, 2.24) is 4.98 Å². The van der Waals surface area contributed by atoms with Gasteiger partial charge in [-0.25, -0.2) is 9.37 Å². The van der Waals surface area contributed by atoms with E-state index in [1.165, 1.54) is 19.4 Å². The van der Waals surface area contributed by atoms with Crippen molar-refractivity contribution in [3.63, 3.8) is 0 Å². The first-order valence-electron chi connectivity index (χ1n) is 4.82. The number of rotatable bonds is 3. The lowest BCUT2D eigenvalue weighted by molar-refractivity contribution is 0.389. The molecule has 0 spiro atoms. The number of nitrogens with zero attached hydrogens (tertiary/aromatic N) is 1. The quantitative estimate of drug-likeness (QED) is 0.864. The van der Waals surface area contributed by atoms with Gasteiger partial charge in [-0.05, 0) is 24.3 Å². The maximum atomic E-state index is 13.4. The molecule has 1 heterocycles. The number of halogens is 2. The van der Waals surface area contributed by atoms with E-state index < -0.39 is 5.82 Å².